The van der Waals surface area contributed by atoms with Crippen molar-refractivity contribution in [2.45, 2.75) is 69.8 Å². The molecule has 2 bridgehead atoms. The van der Waals surface area contributed by atoms with Crippen LogP contribution in [-0.4, -0.2) is 44.8 Å². The number of aromatic nitrogens is 1. The van der Waals surface area contributed by atoms with Crippen LogP contribution in [0.5, 0.6) is 5.75 Å². The van der Waals surface area contributed by atoms with Crippen molar-refractivity contribution in [2.24, 2.45) is 17.8 Å². The van der Waals surface area contributed by atoms with E-state index in [1.807, 2.05) is 42.8 Å². The molecule has 246 valence electrons. The van der Waals surface area contributed by atoms with Gasteiger partial charge in [0.1, 0.15) is 23.0 Å². The highest BCUT2D eigenvalue weighted by Gasteiger charge is 2.50. The zero-order chi connectivity index (χ0) is 32.5. The largest absolute Gasteiger partial charge is 0.487 e. The van der Waals surface area contributed by atoms with Crippen LogP contribution in [-0.2, 0) is 33.4 Å². The van der Waals surface area contributed by atoms with Gasteiger partial charge >= 0.3 is 0 Å². The fourth-order valence-electron chi connectivity index (χ4n) is 7.03. The van der Waals surface area contributed by atoms with E-state index in [4.69, 9.17) is 26.1 Å². The van der Waals surface area contributed by atoms with Crippen molar-refractivity contribution in [1.82, 2.24) is 9.71 Å². The summed E-state index contributed by atoms with van der Waals surface area (Å²) in [6.07, 6.45) is 11.3. The lowest BCUT2D eigenvalue weighted by molar-refractivity contribution is -0.0804. The first-order valence-electron chi connectivity index (χ1n) is 16.1. The second-order valence-corrected chi connectivity index (χ2v) is 16.2. The topological polar surface area (TPSA) is 97.8 Å². The summed E-state index contributed by atoms with van der Waals surface area (Å²) < 4.78 is 42.1. The first-order valence-corrected chi connectivity index (χ1v) is 18.9. The number of hydrogen-bond acceptors (Lipinski definition) is 8. The Kier molecular flexibility index (Phi) is 9.80. The first-order chi connectivity index (χ1) is 22.1. The molecule has 0 spiro atoms. The zero-order valence-corrected chi connectivity index (χ0v) is 29.0. The molecule has 2 aliphatic heterocycles. The van der Waals surface area contributed by atoms with E-state index in [2.05, 4.69) is 15.7 Å². The Bertz CT molecular complexity index is 1700. The van der Waals surface area contributed by atoms with Gasteiger partial charge in [0.15, 0.2) is 0 Å². The number of ether oxygens (including phenoxy) is 2. The summed E-state index contributed by atoms with van der Waals surface area (Å²) in [5.41, 5.74) is 2.60. The number of halogens is 1. The molecule has 0 radical (unpaired) electrons. The number of allylic oxidation sites excluding steroid dienone is 1. The van der Waals surface area contributed by atoms with Crippen molar-refractivity contribution < 1.29 is 22.7 Å². The average Bonchev–Trinajstić information content (AvgIpc) is 3.56. The van der Waals surface area contributed by atoms with Crippen LogP contribution in [0.4, 0.5) is 5.69 Å². The van der Waals surface area contributed by atoms with E-state index in [0.717, 1.165) is 61.5 Å². The number of fused-ring (bicyclic) bond motifs is 3. The van der Waals surface area contributed by atoms with Crippen LogP contribution in [0.15, 0.2) is 60.1 Å². The Morgan fingerprint density at radius 1 is 1.13 bits per heavy atom. The van der Waals surface area contributed by atoms with Crippen LogP contribution in [0.3, 0.4) is 0 Å². The Balaban J connectivity index is 1.44. The fraction of sp³-hybridized carbons (Fsp3) is 0.486. The van der Waals surface area contributed by atoms with Crippen LogP contribution < -0.4 is 14.4 Å². The van der Waals surface area contributed by atoms with Gasteiger partial charge in [0, 0.05) is 48.3 Å². The third-order valence-electron chi connectivity index (χ3n) is 10.2. The smallest absolute Gasteiger partial charge is 0.264 e. The fourth-order valence-corrected chi connectivity index (χ4v) is 9.37. The number of rotatable bonds is 2. The van der Waals surface area contributed by atoms with Crippen molar-refractivity contribution in [3.63, 3.8) is 0 Å². The predicted molar refractivity (Wildman–Crippen MR) is 183 cm³/mol. The van der Waals surface area contributed by atoms with E-state index in [1.165, 1.54) is 5.56 Å². The van der Waals surface area contributed by atoms with E-state index in [1.54, 1.807) is 43.6 Å². The second-order valence-electron chi connectivity index (χ2n) is 12.9. The minimum atomic E-state index is -3.95. The maximum Gasteiger partial charge on any atom is 0.264 e. The monoisotopic (exact) mass is 683 g/mol. The number of methoxy groups -OCH3 is 1. The minimum Gasteiger partial charge on any atom is -0.487 e. The molecule has 5 atom stereocenters. The van der Waals surface area contributed by atoms with Crippen LogP contribution in [0.25, 0.3) is 0 Å². The predicted octanol–water partition coefficient (Wildman–Crippen LogP) is 7.13. The van der Waals surface area contributed by atoms with Gasteiger partial charge in [-0.05, 0) is 105 Å². The van der Waals surface area contributed by atoms with Crippen LogP contribution in [0, 0.1) is 17.8 Å². The van der Waals surface area contributed by atoms with Gasteiger partial charge in [-0.2, -0.15) is 0 Å². The summed E-state index contributed by atoms with van der Waals surface area (Å²) in [7, 11) is -2.20. The summed E-state index contributed by atoms with van der Waals surface area (Å²) in [5.74, 6) is 0.238. The molecule has 1 amide bonds. The number of nitrogens with zero attached hydrogens (tertiary/aromatic N) is 2. The lowest BCUT2D eigenvalue weighted by Crippen LogP contribution is -2.49. The van der Waals surface area contributed by atoms with Crippen molar-refractivity contribution >= 4 is 44.6 Å². The molecule has 2 aromatic carbocycles. The first kappa shape index (κ1) is 33.0. The van der Waals surface area contributed by atoms with Crippen LogP contribution >= 0.6 is 22.9 Å². The molecule has 1 saturated carbocycles. The molecule has 1 aliphatic carbocycles. The molecule has 46 heavy (non-hydrogen) atoms. The number of carbonyl (C=O) groups excluding carboxylic acids is 1. The highest BCUT2D eigenvalue weighted by molar-refractivity contribution is 7.90. The maximum atomic E-state index is 13.5. The molecule has 6 rings (SSSR count). The van der Waals surface area contributed by atoms with Crippen LogP contribution in [0.1, 0.15) is 72.4 Å². The van der Waals surface area contributed by atoms with E-state index < -0.39 is 26.8 Å². The molecule has 8 nitrogen and oxygen atoms in total. The number of carbonyl (C=O) groups is 1. The normalized spacial score (nSPS) is 29.1. The molecule has 3 aliphatic rings. The number of thiazole rings is 1. The van der Waals surface area contributed by atoms with Gasteiger partial charge in [0.05, 0.1) is 10.9 Å². The standard InChI is InChI=1S/C35H42ClN3O5S2/c1-23-7-6-15-35(43-3,34-37-16-18-45-34)30-13-10-27(30)21-39-17-5-4-8-25-19-29(36)12-9-28(25)22-44-32-14-11-26(20-31(32)39)33(40)38-46(41,42)24(23)2/h6,9,11-12,14-16,18-20,23-24,27,30H,4-5,7-8,10,13,17,21-22H2,1-3H3,(H,38,40)/b15-6+/t23-,24+,27-,30+,35-/m0/s1. The molecule has 3 aromatic rings. The van der Waals surface area contributed by atoms with Crippen molar-refractivity contribution in [3.8, 4) is 5.75 Å². The maximum absolute atomic E-state index is 13.5. The zero-order valence-electron chi connectivity index (χ0n) is 26.6. The van der Waals surface area contributed by atoms with E-state index >= 15 is 0 Å². The lowest BCUT2D eigenvalue weighted by Gasteiger charge is -2.49. The van der Waals surface area contributed by atoms with Crippen LogP contribution in [0.2, 0.25) is 5.02 Å². The van der Waals surface area contributed by atoms with Gasteiger partial charge in [0.2, 0.25) is 10.0 Å². The Hall–Kier alpha value is -2.92. The molecule has 1 N–H and O–H groups in total. The molecule has 0 unspecified atom stereocenters. The lowest BCUT2D eigenvalue weighted by atomic mass is 9.64. The van der Waals surface area contributed by atoms with Gasteiger partial charge in [-0.25, -0.2) is 18.1 Å². The number of sulfonamides is 1. The second kappa shape index (κ2) is 13.7. The summed E-state index contributed by atoms with van der Waals surface area (Å²) in [6, 6.07) is 11.2. The molecule has 11 heteroatoms. The minimum absolute atomic E-state index is 0.171. The third-order valence-corrected chi connectivity index (χ3v) is 13.2. The third kappa shape index (κ3) is 6.59. The van der Waals surface area contributed by atoms with E-state index in [9.17, 15) is 13.2 Å². The molecule has 1 aromatic heterocycles. The summed E-state index contributed by atoms with van der Waals surface area (Å²) in [4.78, 5) is 20.5. The van der Waals surface area contributed by atoms with Crippen molar-refractivity contribution in [1.29, 1.82) is 0 Å². The Morgan fingerprint density at radius 3 is 2.72 bits per heavy atom. The number of anilines is 1. The van der Waals surface area contributed by atoms with E-state index in [0.29, 0.717) is 29.7 Å². The van der Waals surface area contributed by atoms with Gasteiger partial charge < -0.3 is 14.4 Å². The molecule has 0 saturated heterocycles. The van der Waals surface area contributed by atoms with Gasteiger partial charge in [-0.15, -0.1) is 11.3 Å². The average molecular weight is 684 g/mol. The van der Waals surface area contributed by atoms with E-state index in [-0.39, 0.29) is 17.4 Å². The Morgan fingerprint density at radius 2 is 1.98 bits per heavy atom. The van der Waals surface area contributed by atoms with Gasteiger partial charge in [-0.3, -0.25) is 4.79 Å². The molecular formula is C35H42ClN3O5S2. The highest BCUT2D eigenvalue weighted by Crippen LogP contribution is 2.51. The Labute approximate surface area is 281 Å². The SMILES string of the molecule is CO[C@@]1(c2nccs2)/C=C/C[C@H](C)[C@@H](C)S(=O)(=O)NC(=O)c2ccc3c(c2)N(CCCCc2cc(Cl)ccc2CO3)C[C@@H]2CC[C@H]21. The van der Waals surface area contributed by atoms with Gasteiger partial charge in [0.25, 0.3) is 5.91 Å². The summed E-state index contributed by atoms with van der Waals surface area (Å²) in [6.45, 7) is 5.39. The van der Waals surface area contributed by atoms with Gasteiger partial charge in [-0.1, -0.05) is 30.7 Å². The molecule has 3 heterocycles. The highest BCUT2D eigenvalue weighted by atomic mass is 35.5. The quantitative estimate of drug-likeness (QED) is 0.287. The summed E-state index contributed by atoms with van der Waals surface area (Å²) >= 11 is 7.94. The number of aryl methyl sites for hydroxylation is 1. The van der Waals surface area contributed by atoms with Crippen molar-refractivity contribution in [3.05, 3.63) is 86.8 Å². The number of benzene rings is 2. The number of hydrogen-bond donors (Lipinski definition) is 1. The summed E-state index contributed by atoms with van der Waals surface area (Å²) in [5, 5.41) is 2.80. The number of nitrogens with one attached hydrogen (secondary N) is 1. The number of amides is 1. The van der Waals surface area contributed by atoms with Crippen molar-refractivity contribution in [2.75, 3.05) is 25.1 Å². The molecular weight excluding hydrogens is 642 g/mol. The molecule has 1 fully saturated rings.